The molecule has 33 heavy (non-hydrogen) atoms. The number of thiophene rings is 1. The number of aryl methyl sites for hydroxylation is 1. The molecule has 1 aromatic carbocycles. The molecule has 4 N–H and O–H groups in total. The van der Waals surface area contributed by atoms with Crippen LogP contribution in [0.25, 0.3) is 11.3 Å². The Labute approximate surface area is 195 Å². The first-order valence-corrected chi connectivity index (χ1v) is 13.1. The van der Waals surface area contributed by atoms with Crippen molar-refractivity contribution in [2.45, 2.75) is 33.2 Å². The fourth-order valence-electron chi connectivity index (χ4n) is 3.55. The number of anilines is 2. The van der Waals surface area contributed by atoms with Gasteiger partial charge in [0.1, 0.15) is 11.3 Å². The number of fused-ring (bicyclic) bond motifs is 1. The van der Waals surface area contributed by atoms with Gasteiger partial charge in [-0.05, 0) is 42.0 Å². The number of nitrogens with zero attached hydrogens (tertiary/aromatic N) is 3. The van der Waals surface area contributed by atoms with Gasteiger partial charge in [0.15, 0.2) is 11.6 Å². The van der Waals surface area contributed by atoms with Crippen LogP contribution >= 0.6 is 18.9 Å². The number of nitrogens with one attached hydrogen (secondary N) is 1. The third kappa shape index (κ3) is 4.34. The Kier molecular flexibility index (Phi) is 6.43. The quantitative estimate of drug-likeness (QED) is 0.339. The summed E-state index contributed by atoms with van der Waals surface area (Å²) in [6.07, 6.45) is 1.72. The van der Waals surface area contributed by atoms with Gasteiger partial charge in [-0.2, -0.15) is 21.2 Å². The maximum Gasteiger partial charge on any atom is 0.348 e. The molecule has 2 aromatic heterocycles. The van der Waals surface area contributed by atoms with Crippen LogP contribution in [0.2, 0.25) is 0 Å². The van der Waals surface area contributed by atoms with Crippen molar-refractivity contribution in [3.8, 4) is 17.0 Å². The lowest BCUT2D eigenvalue weighted by atomic mass is 10.1. The molecule has 0 radical (unpaired) electrons. The summed E-state index contributed by atoms with van der Waals surface area (Å²) in [5, 5.41) is 22.6. The maximum absolute atomic E-state index is 13.5. The van der Waals surface area contributed by atoms with Crippen LogP contribution in [0.1, 0.15) is 32.3 Å². The van der Waals surface area contributed by atoms with Crippen LogP contribution in [0.5, 0.6) is 5.75 Å². The fourth-order valence-corrected chi connectivity index (χ4v) is 5.73. The predicted octanol–water partition coefficient (Wildman–Crippen LogP) is 4.03. The first-order chi connectivity index (χ1) is 15.8. The highest BCUT2D eigenvalue weighted by Crippen LogP contribution is 2.51. The van der Waals surface area contributed by atoms with E-state index in [1.165, 1.54) is 29.2 Å². The molecule has 1 aliphatic heterocycles. The van der Waals surface area contributed by atoms with E-state index in [-0.39, 0.29) is 22.8 Å². The summed E-state index contributed by atoms with van der Waals surface area (Å²) in [6, 6.07) is 6.63. The number of aromatic nitrogens is 2. The molecule has 11 heteroatoms. The maximum atomic E-state index is 13.5. The van der Waals surface area contributed by atoms with Gasteiger partial charge in [-0.1, -0.05) is 20.3 Å². The number of aromatic hydroxyl groups is 1. The number of amidine groups is 1. The highest BCUT2D eigenvalue weighted by Gasteiger charge is 2.35. The Morgan fingerprint density at radius 3 is 2.82 bits per heavy atom. The van der Waals surface area contributed by atoms with E-state index in [1.54, 1.807) is 12.1 Å². The number of benzene rings is 1. The normalized spacial score (nSPS) is 18.3. The Morgan fingerprint density at radius 2 is 2.15 bits per heavy atom. The number of nitrogens with two attached hydrogens (primary N) is 1. The molecule has 0 saturated carbocycles. The molecule has 174 valence electrons. The van der Waals surface area contributed by atoms with E-state index in [4.69, 9.17) is 10.3 Å². The van der Waals surface area contributed by atoms with Crippen LogP contribution in [0, 0.1) is 5.92 Å². The minimum Gasteiger partial charge on any atom is -0.505 e. The summed E-state index contributed by atoms with van der Waals surface area (Å²) in [5.41, 5.74) is 7.02. The molecule has 3 aromatic rings. The summed E-state index contributed by atoms with van der Waals surface area (Å²) < 4.78 is 24.4. The summed E-state index contributed by atoms with van der Waals surface area (Å²) >= 11 is 1.45. The third-order valence-corrected chi connectivity index (χ3v) is 8.37. The van der Waals surface area contributed by atoms with Gasteiger partial charge in [0.25, 0.3) is 5.56 Å². The van der Waals surface area contributed by atoms with Crippen LogP contribution < -0.4 is 21.9 Å². The topological polar surface area (TPSA) is 132 Å². The molecule has 9 nitrogen and oxygen atoms in total. The van der Waals surface area contributed by atoms with Gasteiger partial charge in [-0.3, -0.25) is 9.36 Å². The largest absolute Gasteiger partial charge is 0.505 e. The lowest BCUT2D eigenvalue weighted by Gasteiger charge is -2.25. The van der Waals surface area contributed by atoms with Crippen LogP contribution in [-0.2, 0) is 15.6 Å². The van der Waals surface area contributed by atoms with Crippen molar-refractivity contribution in [2.75, 3.05) is 18.2 Å². The minimum atomic E-state index is -3.73. The first-order valence-electron chi connectivity index (χ1n) is 10.6. The minimum absolute atomic E-state index is 0.0314. The predicted molar refractivity (Wildman–Crippen MR) is 133 cm³/mol. The van der Waals surface area contributed by atoms with Crippen molar-refractivity contribution in [1.82, 2.24) is 9.78 Å². The van der Waals surface area contributed by atoms with Crippen molar-refractivity contribution < 1.29 is 14.2 Å². The monoisotopic (exact) mass is 487 g/mol. The zero-order chi connectivity index (χ0) is 23.8. The van der Waals surface area contributed by atoms with Gasteiger partial charge in [-0.25, -0.2) is 4.68 Å². The van der Waals surface area contributed by atoms with Crippen molar-refractivity contribution in [3.63, 3.8) is 0 Å². The van der Waals surface area contributed by atoms with Gasteiger partial charge in [-0.15, -0.1) is 0 Å². The van der Waals surface area contributed by atoms with Gasteiger partial charge >= 0.3 is 7.52 Å². The Morgan fingerprint density at radius 1 is 1.36 bits per heavy atom. The van der Waals surface area contributed by atoms with Gasteiger partial charge in [0.2, 0.25) is 0 Å². The standard InChI is InChI=1S/C22H26N5O4PS/c1-4-13(2)7-9-27-22(29)18(20(28)19(25-27)14-8-10-33-12-14)21-24-16-6-5-15(23)11-17(16)32(30,26-21)31-3/h5-6,8,10-13,28H,4,7,9,23H2,1-3H3,(H,24,26,30). The Balaban J connectivity index is 1.91. The number of nitrogen functional groups attached to an aromatic ring is 1. The molecule has 0 saturated heterocycles. The van der Waals surface area contributed by atoms with Gasteiger partial charge < -0.3 is 20.7 Å². The van der Waals surface area contributed by atoms with E-state index in [1.807, 2.05) is 16.8 Å². The van der Waals surface area contributed by atoms with Crippen LogP contribution in [0.3, 0.4) is 0 Å². The molecule has 2 atom stereocenters. The Bertz CT molecular complexity index is 1320. The van der Waals surface area contributed by atoms with E-state index in [2.05, 4.69) is 29.0 Å². The lowest BCUT2D eigenvalue weighted by molar-refractivity contribution is 0.404. The summed E-state index contributed by atoms with van der Waals surface area (Å²) in [6.45, 7) is 4.57. The Hall–Kier alpha value is -2.94. The smallest absolute Gasteiger partial charge is 0.348 e. The van der Waals surface area contributed by atoms with E-state index in [0.29, 0.717) is 34.7 Å². The molecule has 1 aliphatic rings. The molecule has 0 aliphatic carbocycles. The lowest BCUT2D eigenvalue weighted by Crippen LogP contribution is -2.35. The highest BCUT2D eigenvalue weighted by molar-refractivity contribution is 7.66. The second-order valence-corrected chi connectivity index (χ2v) is 10.8. The molecule has 0 amide bonds. The van der Waals surface area contributed by atoms with Crippen LogP contribution in [0.15, 0.2) is 44.6 Å². The highest BCUT2D eigenvalue weighted by atomic mass is 32.1. The fraction of sp³-hybridized carbons (Fsp3) is 0.318. The molecular formula is C22H26N5O4PS. The molecule has 0 spiro atoms. The zero-order valence-corrected chi connectivity index (χ0v) is 20.3. The van der Waals surface area contributed by atoms with Gasteiger partial charge in [0.05, 0.1) is 11.0 Å². The molecule has 0 bridgehead atoms. The summed E-state index contributed by atoms with van der Waals surface area (Å²) in [7, 11) is -2.45. The molecular weight excluding hydrogens is 461 g/mol. The average molecular weight is 488 g/mol. The van der Waals surface area contributed by atoms with E-state index in [9.17, 15) is 14.5 Å². The van der Waals surface area contributed by atoms with Gasteiger partial charge in [0, 0.05) is 30.3 Å². The van der Waals surface area contributed by atoms with Crippen LogP contribution in [0.4, 0.5) is 11.4 Å². The summed E-state index contributed by atoms with van der Waals surface area (Å²) in [5.74, 6) is 0.0406. The second kappa shape index (κ2) is 9.13. The summed E-state index contributed by atoms with van der Waals surface area (Å²) in [4.78, 5) is 13.4. The molecule has 4 rings (SSSR count). The molecule has 3 heterocycles. The van der Waals surface area contributed by atoms with Crippen molar-refractivity contribution >= 4 is 41.4 Å². The number of hydrogen-bond donors (Lipinski definition) is 3. The zero-order valence-electron chi connectivity index (χ0n) is 18.6. The van der Waals surface area contributed by atoms with E-state index >= 15 is 0 Å². The van der Waals surface area contributed by atoms with Crippen LogP contribution in [-0.4, -0.2) is 27.8 Å². The van der Waals surface area contributed by atoms with E-state index in [0.717, 1.165) is 12.8 Å². The van der Waals surface area contributed by atoms with Crippen molar-refractivity contribution in [1.29, 1.82) is 0 Å². The number of rotatable bonds is 7. The molecule has 2 unspecified atom stereocenters. The van der Waals surface area contributed by atoms with Crippen molar-refractivity contribution in [3.05, 3.63) is 50.9 Å². The van der Waals surface area contributed by atoms with E-state index < -0.39 is 13.1 Å². The number of hydrogen-bond acceptors (Lipinski definition) is 8. The second-order valence-electron chi connectivity index (χ2n) is 7.97. The first kappa shape index (κ1) is 23.2. The van der Waals surface area contributed by atoms with Crippen molar-refractivity contribution in [2.24, 2.45) is 10.7 Å². The average Bonchev–Trinajstić information content (AvgIpc) is 3.33. The molecule has 0 fully saturated rings. The third-order valence-electron chi connectivity index (χ3n) is 5.75. The SMILES string of the molecule is CCC(C)CCn1nc(-c2ccsc2)c(O)c(C2=NP(=O)(OC)c3cc(N)ccc3N2)c1=O.